The Labute approximate surface area is 180 Å². The second-order valence-corrected chi connectivity index (χ2v) is 7.40. The number of nitrogens with two attached hydrogens (primary N) is 1. The van der Waals surface area contributed by atoms with Crippen molar-refractivity contribution in [2.75, 3.05) is 37.4 Å². The highest BCUT2D eigenvalue weighted by atomic mass is 35.5. The van der Waals surface area contributed by atoms with Crippen molar-refractivity contribution in [3.63, 3.8) is 0 Å². The number of piperidine rings is 1. The zero-order valence-corrected chi connectivity index (χ0v) is 18.5. The fourth-order valence-corrected chi connectivity index (χ4v) is 3.76. The van der Waals surface area contributed by atoms with Crippen molar-refractivity contribution in [3.8, 4) is 0 Å². The first-order valence-electron chi connectivity index (χ1n) is 8.96. The number of anilines is 2. The number of hydrogen-bond donors (Lipinski definition) is 2. The minimum Gasteiger partial charge on any atom is -0.370 e. The molecule has 1 aromatic rings. The van der Waals surface area contributed by atoms with E-state index in [9.17, 15) is 4.79 Å². The number of carbonyl (C=O) groups is 1. The number of pyridine rings is 1. The van der Waals surface area contributed by atoms with Gasteiger partial charge in [0.2, 0.25) is 5.91 Å². The summed E-state index contributed by atoms with van der Waals surface area (Å²) in [6.45, 7) is 2.09. The van der Waals surface area contributed by atoms with Crippen molar-refractivity contribution >= 4 is 54.6 Å². The predicted molar refractivity (Wildman–Crippen MR) is 119 cm³/mol. The molecule has 0 spiro atoms. The zero-order chi connectivity index (χ0) is 17.2. The highest BCUT2D eigenvalue weighted by molar-refractivity contribution is 5.97. The van der Waals surface area contributed by atoms with Gasteiger partial charge in [0.25, 0.3) is 0 Å². The summed E-state index contributed by atoms with van der Waals surface area (Å²) in [5.41, 5.74) is 6.59. The number of nitrogens with zero attached hydrogens (tertiary/aromatic N) is 3. The molecule has 1 aromatic heterocycles. The molecular formula is C18H32Cl3N5O. The highest BCUT2D eigenvalue weighted by Crippen LogP contribution is 2.28. The van der Waals surface area contributed by atoms with Crippen LogP contribution in [0, 0.1) is 0 Å². The minimum absolute atomic E-state index is 0. The third-order valence-corrected chi connectivity index (χ3v) is 5.50. The Morgan fingerprint density at radius 2 is 1.78 bits per heavy atom. The van der Waals surface area contributed by atoms with Crippen LogP contribution in [-0.2, 0) is 4.79 Å². The van der Waals surface area contributed by atoms with Gasteiger partial charge in [-0.1, -0.05) is 12.8 Å². The smallest absolute Gasteiger partial charge is 0.245 e. The first-order valence-corrected chi connectivity index (χ1v) is 8.96. The molecule has 1 aliphatic carbocycles. The number of amides is 1. The van der Waals surface area contributed by atoms with Gasteiger partial charge in [-0.3, -0.25) is 4.79 Å². The lowest BCUT2D eigenvalue weighted by Gasteiger charge is -2.36. The van der Waals surface area contributed by atoms with E-state index >= 15 is 0 Å². The molecule has 2 fully saturated rings. The maximum absolute atomic E-state index is 12.3. The molecule has 1 amide bonds. The van der Waals surface area contributed by atoms with E-state index in [1.165, 1.54) is 12.8 Å². The number of carbonyl (C=O) groups excluding carboxylic acids is 1. The SMILES string of the molecule is CN(C)C1CCN(c2ccc(NC(=O)C3(N)CCCC3)nc2)CC1.Cl.Cl.Cl. The van der Waals surface area contributed by atoms with Crippen molar-refractivity contribution in [1.29, 1.82) is 0 Å². The van der Waals surface area contributed by atoms with Crippen LogP contribution in [0.3, 0.4) is 0 Å². The summed E-state index contributed by atoms with van der Waals surface area (Å²) in [5.74, 6) is 0.482. The summed E-state index contributed by atoms with van der Waals surface area (Å²) < 4.78 is 0. The number of aromatic nitrogens is 1. The normalized spacial score (nSPS) is 18.9. The van der Waals surface area contributed by atoms with E-state index in [1.54, 1.807) is 0 Å². The average Bonchev–Trinajstić information content (AvgIpc) is 3.04. The first kappa shape index (κ1) is 26.2. The zero-order valence-electron chi connectivity index (χ0n) is 16.0. The van der Waals surface area contributed by atoms with E-state index in [1.807, 2.05) is 18.3 Å². The van der Waals surface area contributed by atoms with E-state index in [0.29, 0.717) is 11.9 Å². The molecule has 9 heteroatoms. The van der Waals surface area contributed by atoms with Crippen LogP contribution in [0.1, 0.15) is 38.5 Å². The topological polar surface area (TPSA) is 74.5 Å². The largest absolute Gasteiger partial charge is 0.370 e. The van der Waals surface area contributed by atoms with Crippen LogP contribution in [-0.4, -0.2) is 54.6 Å². The van der Waals surface area contributed by atoms with Crippen molar-refractivity contribution in [2.45, 2.75) is 50.1 Å². The highest BCUT2D eigenvalue weighted by Gasteiger charge is 2.37. The van der Waals surface area contributed by atoms with Crippen molar-refractivity contribution < 1.29 is 4.79 Å². The van der Waals surface area contributed by atoms with Crippen LogP contribution in [0.4, 0.5) is 11.5 Å². The Morgan fingerprint density at radius 1 is 1.19 bits per heavy atom. The van der Waals surface area contributed by atoms with E-state index in [-0.39, 0.29) is 43.1 Å². The molecule has 3 rings (SSSR count). The Kier molecular flexibility index (Phi) is 10.9. The number of hydrogen-bond acceptors (Lipinski definition) is 5. The Bertz CT molecular complexity index is 571. The fraction of sp³-hybridized carbons (Fsp3) is 0.667. The van der Waals surface area contributed by atoms with E-state index < -0.39 is 5.54 Å². The second kappa shape index (κ2) is 11.3. The van der Waals surface area contributed by atoms with Gasteiger partial charge in [-0.05, 0) is 51.9 Å². The molecular weight excluding hydrogens is 409 g/mol. The summed E-state index contributed by atoms with van der Waals surface area (Å²) in [7, 11) is 4.29. The van der Waals surface area contributed by atoms with Gasteiger partial charge in [0.1, 0.15) is 5.82 Å². The van der Waals surface area contributed by atoms with Crippen LogP contribution in [0.2, 0.25) is 0 Å². The second-order valence-electron chi connectivity index (χ2n) is 7.40. The third-order valence-electron chi connectivity index (χ3n) is 5.50. The molecule has 2 aliphatic rings. The van der Waals surface area contributed by atoms with Gasteiger partial charge in [0, 0.05) is 19.1 Å². The number of rotatable bonds is 4. The van der Waals surface area contributed by atoms with Gasteiger partial charge in [0.15, 0.2) is 0 Å². The van der Waals surface area contributed by atoms with Crippen LogP contribution < -0.4 is 16.0 Å². The van der Waals surface area contributed by atoms with Crippen LogP contribution >= 0.6 is 37.2 Å². The van der Waals surface area contributed by atoms with Gasteiger partial charge < -0.3 is 20.9 Å². The summed E-state index contributed by atoms with van der Waals surface area (Å²) in [5, 5.41) is 2.88. The van der Waals surface area contributed by atoms with Gasteiger partial charge in [-0.15, -0.1) is 37.2 Å². The monoisotopic (exact) mass is 439 g/mol. The lowest BCUT2D eigenvalue weighted by atomic mass is 9.98. The fourth-order valence-electron chi connectivity index (χ4n) is 3.76. The molecule has 1 saturated heterocycles. The molecule has 0 radical (unpaired) electrons. The molecule has 1 saturated carbocycles. The van der Waals surface area contributed by atoms with Gasteiger partial charge in [-0.25, -0.2) is 4.98 Å². The summed E-state index contributed by atoms with van der Waals surface area (Å²) >= 11 is 0. The molecule has 1 aliphatic heterocycles. The van der Waals surface area contributed by atoms with Crippen molar-refractivity contribution in [3.05, 3.63) is 18.3 Å². The lowest BCUT2D eigenvalue weighted by Crippen LogP contribution is -2.48. The van der Waals surface area contributed by atoms with E-state index in [0.717, 1.165) is 44.5 Å². The number of halogens is 3. The quantitative estimate of drug-likeness (QED) is 0.752. The van der Waals surface area contributed by atoms with E-state index in [4.69, 9.17) is 5.73 Å². The van der Waals surface area contributed by atoms with Crippen LogP contribution in [0.5, 0.6) is 0 Å². The number of nitrogens with one attached hydrogen (secondary N) is 1. The Balaban J connectivity index is 0.00000225. The standard InChI is InChI=1S/C18H29N5O.3ClH/c1-22(2)14-7-11-23(12-8-14)15-5-6-16(20-13-15)21-17(24)18(19)9-3-4-10-18;;;/h5-6,13-14H,3-4,7-12,19H2,1-2H3,(H,20,21,24);3*1H. The molecule has 0 unspecified atom stereocenters. The molecule has 156 valence electrons. The molecule has 2 heterocycles. The molecule has 0 bridgehead atoms. The average molecular weight is 441 g/mol. The molecule has 0 atom stereocenters. The lowest BCUT2D eigenvalue weighted by molar-refractivity contribution is -0.121. The Morgan fingerprint density at radius 3 is 2.26 bits per heavy atom. The third kappa shape index (κ3) is 6.36. The van der Waals surface area contributed by atoms with Crippen molar-refractivity contribution in [2.24, 2.45) is 5.73 Å². The molecule has 27 heavy (non-hydrogen) atoms. The molecule has 0 aromatic carbocycles. The predicted octanol–water partition coefficient (Wildman–Crippen LogP) is 3.09. The first-order chi connectivity index (χ1) is 11.5. The molecule has 3 N–H and O–H groups in total. The minimum atomic E-state index is -0.714. The summed E-state index contributed by atoms with van der Waals surface area (Å²) in [6, 6.07) is 4.58. The van der Waals surface area contributed by atoms with E-state index in [2.05, 4.69) is 34.2 Å². The maximum atomic E-state index is 12.3. The Hall–Kier alpha value is -0.790. The molecule has 6 nitrogen and oxygen atoms in total. The van der Waals surface area contributed by atoms with Crippen molar-refractivity contribution in [1.82, 2.24) is 9.88 Å². The van der Waals surface area contributed by atoms with Crippen LogP contribution in [0.15, 0.2) is 18.3 Å². The van der Waals surface area contributed by atoms with Gasteiger partial charge >= 0.3 is 0 Å². The summed E-state index contributed by atoms with van der Waals surface area (Å²) in [6.07, 6.45) is 7.76. The van der Waals surface area contributed by atoms with Crippen LogP contribution in [0.25, 0.3) is 0 Å². The summed E-state index contributed by atoms with van der Waals surface area (Å²) in [4.78, 5) is 21.4. The van der Waals surface area contributed by atoms with Gasteiger partial charge in [-0.2, -0.15) is 0 Å². The maximum Gasteiger partial charge on any atom is 0.245 e. The van der Waals surface area contributed by atoms with Gasteiger partial charge in [0.05, 0.1) is 17.4 Å².